The topological polar surface area (TPSA) is 63.0 Å². The first-order valence-electron chi connectivity index (χ1n) is 9.60. The summed E-state index contributed by atoms with van der Waals surface area (Å²) in [5, 5.41) is 9.13. The van der Waals surface area contributed by atoms with Crippen molar-refractivity contribution in [3.05, 3.63) is 54.6 Å². The quantitative estimate of drug-likeness (QED) is 0.473. The maximum atomic E-state index is 5.97. The molecule has 5 rings (SSSR count). The fraction of sp³-hybridized carbons (Fsp3) is 0.273. The number of nitrogens with one attached hydrogen (secondary N) is 2. The predicted octanol–water partition coefficient (Wildman–Crippen LogP) is 4.60. The molecule has 1 fully saturated rings. The molecule has 2 aromatic carbocycles. The van der Waals surface area contributed by atoms with Gasteiger partial charge in [-0.25, -0.2) is 9.97 Å². The van der Waals surface area contributed by atoms with E-state index in [0.29, 0.717) is 11.6 Å². The maximum Gasteiger partial charge on any atom is 0.198 e. The van der Waals surface area contributed by atoms with Gasteiger partial charge in [0.1, 0.15) is 11.4 Å². The second-order valence-corrected chi connectivity index (χ2v) is 7.07. The van der Waals surface area contributed by atoms with Gasteiger partial charge in [-0.15, -0.1) is 0 Å². The van der Waals surface area contributed by atoms with Crippen molar-refractivity contribution >= 4 is 27.7 Å². The minimum absolute atomic E-state index is 0.614. The Morgan fingerprint density at radius 3 is 2.70 bits per heavy atom. The highest BCUT2D eigenvalue weighted by Crippen LogP contribution is 2.29. The molecule has 5 nitrogen and oxygen atoms in total. The number of anilines is 1. The largest absolute Gasteiger partial charge is 0.453 e. The molecule has 0 spiro atoms. The van der Waals surface area contributed by atoms with Crippen molar-refractivity contribution in [2.45, 2.75) is 25.3 Å². The van der Waals surface area contributed by atoms with Gasteiger partial charge >= 0.3 is 0 Å². The number of hydrogen-bond acceptors (Lipinski definition) is 5. The first-order chi connectivity index (χ1) is 13.4. The molecule has 0 radical (unpaired) electrons. The Morgan fingerprint density at radius 1 is 0.963 bits per heavy atom. The molecular formula is C22H22N4O. The molecule has 1 aliphatic rings. The van der Waals surface area contributed by atoms with Crippen LogP contribution in [0.1, 0.15) is 19.3 Å². The molecule has 2 heterocycles. The number of rotatable bonds is 7. The molecule has 5 heteroatoms. The fourth-order valence-corrected chi connectivity index (χ4v) is 3.30. The highest BCUT2D eigenvalue weighted by Gasteiger charge is 2.19. The summed E-state index contributed by atoms with van der Waals surface area (Å²) in [4.78, 5) is 9.50. The Balaban J connectivity index is 1.43. The zero-order valence-electron chi connectivity index (χ0n) is 15.1. The van der Waals surface area contributed by atoms with E-state index in [1.54, 1.807) is 0 Å². The summed E-state index contributed by atoms with van der Waals surface area (Å²) in [5.41, 5.74) is 1.77. The fourth-order valence-electron chi connectivity index (χ4n) is 3.30. The van der Waals surface area contributed by atoms with Gasteiger partial charge in [0, 0.05) is 23.4 Å². The van der Waals surface area contributed by atoms with Crippen molar-refractivity contribution in [1.82, 2.24) is 15.3 Å². The summed E-state index contributed by atoms with van der Waals surface area (Å²) in [6, 6.07) is 18.8. The second kappa shape index (κ2) is 7.00. The van der Waals surface area contributed by atoms with E-state index in [0.717, 1.165) is 53.2 Å². The number of fused-ring (bicyclic) bond motifs is 2. The van der Waals surface area contributed by atoms with Crippen LogP contribution < -0.4 is 10.6 Å². The van der Waals surface area contributed by atoms with Crippen LogP contribution in [-0.4, -0.2) is 29.1 Å². The van der Waals surface area contributed by atoms with Gasteiger partial charge in [-0.2, -0.15) is 0 Å². The maximum absolute atomic E-state index is 5.97. The molecule has 1 saturated carbocycles. The van der Waals surface area contributed by atoms with Crippen LogP contribution >= 0.6 is 0 Å². The first-order valence-corrected chi connectivity index (χ1v) is 9.60. The molecule has 0 atom stereocenters. The van der Waals surface area contributed by atoms with Gasteiger partial charge in [0.05, 0.1) is 5.52 Å². The molecule has 0 saturated heterocycles. The standard InChI is InChI=1S/C22H22N4O/c1-4-9-19-15(6-1)14-20(27-19)22-25-18-8-3-2-7-17(18)21(26-22)24-13-5-12-23-16-10-11-16/h1-4,6-9,14,16,23H,5,10-13H2,(H,24,25,26). The van der Waals surface area contributed by atoms with Crippen molar-refractivity contribution in [2.75, 3.05) is 18.4 Å². The van der Waals surface area contributed by atoms with Crippen molar-refractivity contribution in [2.24, 2.45) is 0 Å². The predicted molar refractivity (Wildman–Crippen MR) is 109 cm³/mol. The van der Waals surface area contributed by atoms with Crippen LogP contribution in [0, 0.1) is 0 Å². The molecule has 0 amide bonds. The lowest BCUT2D eigenvalue weighted by atomic mass is 10.2. The minimum atomic E-state index is 0.614. The smallest absolute Gasteiger partial charge is 0.198 e. The van der Waals surface area contributed by atoms with E-state index in [-0.39, 0.29) is 0 Å². The number of para-hydroxylation sites is 2. The third kappa shape index (κ3) is 3.51. The highest BCUT2D eigenvalue weighted by atomic mass is 16.3. The SMILES string of the molecule is c1ccc2oc(-c3nc(NCCCNC4CC4)c4ccccc4n3)cc2c1. The number of aromatic nitrogens is 2. The Morgan fingerprint density at radius 2 is 1.81 bits per heavy atom. The lowest BCUT2D eigenvalue weighted by Crippen LogP contribution is -2.20. The molecule has 0 unspecified atom stereocenters. The van der Waals surface area contributed by atoms with E-state index in [9.17, 15) is 0 Å². The van der Waals surface area contributed by atoms with Crippen molar-refractivity contribution in [1.29, 1.82) is 0 Å². The van der Waals surface area contributed by atoms with E-state index in [2.05, 4.69) is 16.7 Å². The average molecular weight is 358 g/mol. The third-order valence-corrected chi connectivity index (χ3v) is 4.91. The van der Waals surface area contributed by atoms with Crippen LogP contribution in [0.2, 0.25) is 0 Å². The van der Waals surface area contributed by atoms with Gasteiger partial charge in [0.25, 0.3) is 0 Å². The molecule has 0 bridgehead atoms. The molecular weight excluding hydrogens is 336 g/mol. The number of hydrogen-bond donors (Lipinski definition) is 2. The van der Waals surface area contributed by atoms with E-state index in [4.69, 9.17) is 14.4 Å². The lowest BCUT2D eigenvalue weighted by Gasteiger charge is -2.10. The molecule has 0 aliphatic heterocycles. The summed E-state index contributed by atoms with van der Waals surface area (Å²) in [6.07, 6.45) is 3.71. The summed E-state index contributed by atoms with van der Waals surface area (Å²) in [7, 11) is 0. The van der Waals surface area contributed by atoms with E-state index in [1.807, 2.05) is 48.5 Å². The Kier molecular flexibility index (Phi) is 4.22. The monoisotopic (exact) mass is 358 g/mol. The Bertz CT molecular complexity index is 1050. The molecule has 2 aromatic heterocycles. The van der Waals surface area contributed by atoms with Crippen LogP contribution in [0.4, 0.5) is 5.82 Å². The molecule has 136 valence electrons. The summed E-state index contributed by atoms with van der Waals surface area (Å²) in [6.45, 7) is 1.91. The van der Waals surface area contributed by atoms with Gasteiger partial charge in [0.15, 0.2) is 11.6 Å². The Labute approximate surface area is 157 Å². The second-order valence-electron chi connectivity index (χ2n) is 7.07. The average Bonchev–Trinajstić information content (AvgIpc) is 3.43. The zero-order valence-corrected chi connectivity index (χ0v) is 15.1. The summed E-state index contributed by atoms with van der Waals surface area (Å²) in [5.74, 6) is 2.17. The van der Waals surface area contributed by atoms with Crippen LogP contribution in [-0.2, 0) is 0 Å². The normalized spacial score (nSPS) is 14.1. The molecule has 1 aliphatic carbocycles. The Hall–Kier alpha value is -2.92. The van der Waals surface area contributed by atoms with Gasteiger partial charge in [-0.1, -0.05) is 30.3 Å². The van der Waals surface area contributed by atoms with Crippen LogP contribution in [0.15, 0.2) is 59.0 Å². The van der Waals surface area contributed by atoms with Gasteiger partial charge in [0.2, 0.25) is 0 Å². The minimum Gasteiger partial charge on any atom is -0.453 e. The van der Waals surface area contributed by atoms with Gasteiger partial charge in [-0.3, -0.25) is 0 Å². The van der Waals surface area contributed by atoms with Crippen LogP contribution in [0.5, 0.6) is 0 Å². The van der Waals surface area contributed by atoms with Gasteiger partial charge in [-0.05, 0) is 50.1 Å². The lowest BCUT2D eigenvalue weighted by molar-refractivity contribution is 0.625. The van der Waals surface area contributed by atoms with Crippen LogP contribution in [0.25, 0.3) is 33.5 Å². The van der Waals surface area contributed by atoms with E-state index < -0.39 is 0 Å². The first kappa shape index (κ1) is 16.3. The van der Waals surface area contributed by atoms with Crippen LogP contribution in [0.3, 0.4) is 0 Å². The third-order valence-electron chi connectivity index (χ3n) is 4.91. The van der Waals surface area contributed by atoms with E-state index >= 15 is 0 Å². The van der Waals surface area contributed by atoms with Crippen molar-refractivity contribution < 1.29 is 4.42 Å². The van der Waals surface area contributed by atoms with Crippen molar-refractivity contribution in [3.8, 4) is 11.6 Å². The number of furan rings is 1. The number of nitrogens with zero attached hydrogens (tertiary/aromatic N) is 2. The highest BCUT2D eigenvalue weighted by molar-refractivity contribution is 5.91. The zero-order chi connectivity index (χ0) is 18.1. The van der Waals surface area contributed by atoms with Gasteiger partial charge < -0.3 is 15.1 Å². The summed E-state index contributed by atoms with van der Waals surface area (Å²) >= 11 is 0. The number of benzene rings is 2. The van der Waals surface area contributed by atoms with E-state index in [1.165, 1.54) is 12.8 Å². The molecule has 4 aromatic rings. The van der Waals surface area contributed by atoms with Crippen molar-refractivity contribution in [3.63, 3.8) is 0 Å². The molecule has 27 heavy (non-hydrogen) atoms. The molecule has 2 N–H and O–H groups in total. The summed E-state index contributed by atoms with van der Waals surface area (Å²) < 4.78 is 5.97.